The molecule has 0 aromatic heterocycles. The highest BCUT2D eigenvalue weighted by atomic mass is 31.1. The smallest absolute Gasteiger partial charge is 0.382 e. The van der Waals surface area contributed by atoms with Crippen molar-refractivity contribution in [2.75, 3.05) is 20.3 Å². The quantitative estimate of drug-likeness (QED) is 0.362. The molecule has 1 aliphatic rings. The van der Waals surface area contributed by atoms with Gasteiger partial charge in [0.1, 0.15) is 0 Å². The first-order chi connectivity index (χ1) is 16.0. The van der Waals surface area contributed by atoms with Crippen LogP contribution in [0.25, 0.3) is 0 Å². The number of alkyl halides is 3. The van der Waals surface area contributed by atoms with Crippen LogP contribution < -0.4 is 15.9 Å². The molecular weight excluding hydrogens is 444 g/mol. The van der Waals surface area contributed by atoms with Gasteiger partial charge in [0.2, 0.25) is 0 Å². The Morgan fingerprint density at radius 2 is 1.64 bits per heavy atom. The Hall–Kier alpha value is -2.69. The fraction of sp³-hybridized carbons (Fsp3) is 0.269. The number of hydrogen-bond acceptors (Lipinski definition) is 3. The number of hydrogen-bond donors (Lipinski definition) is 0. The average molecular weight is 470 g/mol. The van der Waals surface area contributed by atoms with Crippen LogP contribution in [0.4, 0.5) is 13.2 Å². The molecule has 1 heterocycles. The molecular formula is C26H26F3N2OP. The monoisotopic (exact) mass is 470 g/mol. The van der Waals surface area contributed by atoms with Crippen molar-refractivity contribution in [3.8, 4) is 0 Å². The van der Waals surface area contributed by atoms with E-state index < -0.39 is 19.7 Å². The van der Waals surface area contributed by atoms with Gasteiger partial charge in [0.05, 0.1) is 24.4 Å². The summed E-state index contributed by atoms with van der Waals surface area (Å²) < 4.78 is 46.4. The van der Waals surface area contributed by atoms with Crippen molar-refractivity contribution in [2.24, 2.45) is 5.10 Å². The molecule has 1 saturated heterocycles. The predicted molar refractivity (Wildman–Crippen MR) is 129 cm³/mol. The van der Waals surface area contributed by atoms with E-state index in [1.54, 1.807) is 19.4 Å². The molecule has 0 N–H and O–H groups in total. The van der Waals surface area contributed by atoms with Crippen molar-refractivity contribution in [1.82, 2.24) is 5.01 Å². The molecule has 0 spiro atoms. The summed E-state index contributed by atoms with van der Waals surface area (Å²) in [4.78, 5) is 0. The molecule has 0 bridgehead atoms. The first-order valence-electron chi connectivity index (χ1n) is 10.9. The van der Waals surface area contributed by atoms with Crippen LogP contribution >= 0.6 is 7.92 Å². The van der Waals surface area contributed by atoms with Gasteiger partial charge in [-0.25, -0.2) is 0 Å². The Kier molecular flexibility index (Phi) is 7.46. The van der Waals surface area contributed by atoms with Gasteiger partial charge in [0, 0.05) is 19.2 Å². The summed E-state index contributed by atoms with van der Waals surface area (Å²) in [6.07, 6.45) is -0.695. The number of benzene rings is 3. The Morgan fingerprint density at radius 1 is 1.00 bits per heavy atom. The third-order valence-electron chi connectivity index (χ3n) is 5.68. The normalized spacial score (nSPS) is 16.8. The van der Waals surface area contributed by atoms with E-state index in [0.29, 0.717) is 17.5 Å². The zero-order valence-corrected chi connectivity index (χ0v) is 19.3. The van der Waals surface area contributed by atoms with Crippen LogP contribution in [-0.4, -0.2) is 37.5 Å². The standard InChI is InChI=1S/C26H26F3N2OP/c1-32-19-22-9-8-16-31(22)30-18-20-14-15-21(26(27,28)29)17-25(20)33(23-10-4-2-5-11-23)24-12-6-3-7-13-24/h2-7,10-15,17-18,22H,8-9,16,19H2,1H3/b30-18+/t22-/m0/s1. The molecule has 3 aromatic rings. The lowest BCUT2D eigenvalue weighted by Crippen LogP contribution is -2.29. The lowest BCUT2D eigenvalue weighted by molar-refractivity contribution is -0.137. The van der Waals surface area contributed by atoms with Crippen molar-refractivity contribution in [1.29, 1.82) is 0 Å². The molecule has 0 aliphatic carbocycles. The van der Waals surface area contributed by atoms with Crippen molar-refractivity contribution in [2.45, 2.75) is 25.1 Å². The van der Waals surface area contributed by atoms with Crippen LogP contribution in [0.3, 0.4) is 0 Å². The Labute approximate surface area is 193 Å². The molecule has 172 valence electrons. The molecule has 1 aliphatic heterocycles. The first kappa shape index (κ1) is 23.5. The minimum atomic E-state index is -4.42. The number of rotatable bonds is 7. The van der Waals surface area contributed by atoms with E-state index in [0.717, 1.165) is 36.1 Å². The van der Waals surface area contributed by atoms with E-state index in [9.17, 15) is 13.2 Å². The summed E-state index contributed by atoms with van der Waals surface area (Å²) >= 11 is 0. The highest BCUT2D eigenvalue weighted by molar-refractivity contribution is 7.80. The Bertz CT molecular complexity index is 1030. The molecule has 0 radical (unpaired) electrons. The molecule has 0 saturated carbocycles. The number of nitrogens with zero attached hydrogens (tertiary/aromatic N) is 2. The second-order valence-electron chi connectivity index (χ2n) is 7.94. The van der Waals surface area contributed by atoms with Gasteiger partial charge in [0.15, 0.2) is 0 Å². The first-order valence-corrected chi connectivity index (χ1v) is 12.2. The van der Waals surface area contributed by atoms with Crippen LogP contribution in [0.5, 0.6) is 0 Å². The van der Waals surface area contributed by atoms with Gasteiger partial charge in [0.25, 0.3) is 0 Å². The highest BCUT2D eigenvalue weighted by Crippen LogP contribution is 2.37. The molecule has 1 atom stereocenters. The summed E-state index contributed by atoms with van der Waals surface area (Å²) in [7, 11) is 0.462. The molecule has 33 heavy (non-hydrogen) atoms. The molecule has 3 aromatic carbocycles. The van der Waals surface area contributed by atoms with E-state index in [-0.39, 0.29) is 6.04 Å². The molecule has 7 heteroatoms. The second-order valence-corrected chi connectivity index (χ2v) is 10.1. The average Bonchev–Trinajstić information content (AvgIpc) is 3.26. The van der Waals surface area contributed by atoms with Gasteiger partial charge >= 0.3 is 6.18 Å². The third kappa shape index (κ3) is 5.63. The fourth-order valence-electron chi connectivity index (χ4n) is 4.07. The maximum Gasteiger partial charge on any atom is 0.416 e. The van der Waals surface area contributed by atoms with Crippen molar-refractivity contribution in [3.63, 3.8) is 0 Å². The van der Waals surface area contributed by atoms with Gasteiger partial charge in [-0.1, -0.05) is 66.7 Å². The summed E-state index contributed by atoms with van der Waals surface area (Å²) in [6, 6.07) is 23.6. The summed E-state index contributed by atoms with van der Waals surface area (Å²) in [5.74, 6) is 0. The lowest BCUT2D eigenvalue weighted by atomic mass is 10.1. The van der Waals surface area contributed by atoms with Gasteiger partial charge in [-0.05, 0) is 48.8 Å². The molecule has 4 rings (SSSR count). The molecule has 0 unspecified atom stereocenters. The van der Waals surface area contributed by atoms with Gasteiger partial charge < -0.3 is 4.74 Å². The second kappa shape index (κ2) is 10.5. The van der Waals surface area contributed by atoms with Crippen molar-refractivity contribution < 1.29 is 17.9 Å². The van der Waals surface area contributed by atoms with Crippen LogP contribution in [0.2, 0.25) is 0 Å². The maximum absolute atomic E-state index is 13.7. The Balaban J connectivity index is 1.82. The maximum atomic E-state index is 13.7. The van der Waals surface area contributed by atoms with Crippen LogP contribution in [0.15, 0.2) is 84.0 Å². The SMILES string of the molecule is COC[C@@H]1CCCN1/N=C/c1ccc(C(F)(F)F)cc1P(c1ccccc1)c1ccccc1. The summed E-state index contributed by atoms with van der Waals surface area (Å²) in [6.45, 7) is 1.39. The fourth-order valence-corrected chi connectivity index (χ4v) is 6.53. The van der Waals surface area contributed by atoms with E-state index in [2.05, 4.69) is 5.10 Å². The zero-order valence-electron chi connectivity index (χ0n) is 18.4. The minimum absolute atomic E-state index is 0.189. The number of hydrazone groups is 1. The zero-order chi connectivity index (χ0) is 23.3. The van der Waals surface area contributed by atoms with Crippen molar-refractivity contribution in [3.05, 3.63) is 90.0 Å². The predicted octanol–water partition coefficient (Wildman–Crippen LogP) is 4.91. The van der Waals surface area contributed by atoms with E-state index in [1.807, 2.05) is 65.7 Å². The van der Waals surface area contributed by atoms with E-state index in [1.165, 1.54) is 6.07 Å². The molecule has 0 amide bonds. The minimum Gasteiger partial charge on any atom is -0.382 e. The largest absolute Gasteiger partial charge is 0.416 e. The van der Waals surface area contributed by atoms with E-state index >= 15 is 0 Å². The topological polar surface area (TPSA) is 24.8 Å². The van der Waals surface area contributed by atoms with Gasteiger partial charge in [-0.3, -0.25) is 5.01 Å². The number of ether oxygens (including phenoxy) is 1. The number of halogens is 3. The molecule has 1 fully saturated rings. The highest BCUT2D eigenvalue weighted by Gasteiger charge is 2.32. The number of methoxy groups -OCH3 is 1. The lowest BCUT2D eigenvalue weighted by Gasteiger charge is -2.23. The summed E-state index contributed by atoms with van der Waals surface area (Å²) in [5.41, 5.74) is 0.0531. The van der Waals surface area contributed by atoms with Crippen molar-refractivity contribution >= 4 is 30.0 Å². The van der Waals surface area contributed by atoms with Crippen LogP contribution in [-0.2, 0) is 10.9 Å². The van der Waals surface area contributed by atoms with Gasteiger partial charge in [-0.2, -0.15) is 18.3 Å². The van der Waals surface area contributed by atoms with Crippen LogP contribution in [0.1, 0.15) is 24.0 Å². The molecule has 3 nitrogen and oxygen atoms in total. The third-order valence-corrected chi connectivity index (χ3v) is 8.18. The Morgan fingerprint density at radius 3 is 2.21 bits per heavy atom. The van der Waals surface area contributed by atoms with Crippen LogP contribution in [0, 0.1) is 0 Å². The summed E-state index contributed by atoms with van der Waals surface area (Å²) in [5, 5.41) is 9.28. The van der Waals surface area contributed by atoms with E-state index in [4.69, 9.17) is 4.74 Å². The van der Waals surface area contributed by atoms with Gasteiger partial charge in [-0.15, -0.1) is 0 Å².